The van der Waals surface area contributed by atoms with E-state index < -0.39 is 54.9 Å². The van der Waals surface area contributed by atoms with Gasteiger partial charge >= 0.3 is 6.03 Å². The Morgan fingerprint density at radius 1 is 1.07 bits per heavy atom. The number of methoxy groups -OCH3 is 1. The number of hydrogen-bond acceptors (Lipinski definition) is 9. The van der Waals surface area contributed by atoms with Crippen LogP contribution < -0.4 is 30.0 Å². The van der Waals surface area contributed by atoms with Crippen LogP contribution >= 0.6 is 11.9 Å². The molecule has 2 saturated heterocycles. The number of likely N-dealkylation sites (tertiary alicyclic amines) is 2. The van der Waals surface area contributed by atoms with Crippen molar-refractivity contribution < 1.29 is 42.2 Å². The van der Waals surface area contributed by atoms with Crippen molar-refractivity contribution in [2.75, 3.05) is 26.7 Å². The molecule has 5 rings (SSSR count). The predicted molar refractivity (Wildman–Crippen MR) is 225 cm³/mol. The number of urea groups is 1. The highest BCUT2D eigenvalue weighted by Crippen LogP contribution is 2.46. The molecule has 3 heterocycles. The van der Waals surface area contributed by atoms with Crippen LogP contribution in [0.3, 0.4) is 0 Å². The number of nitrogens with two attached hydrogens (primary N) is 1. The van der Waals surface area contributed by atoms with Gasteiger partial charge in [0.1, 0.15) is 29.7 Å². The lowest BCUT2D eigenvalue weighted by molar-refractivity contribution is -0.139. The van der Waals surface area contributed by atoms with Gasteiger partial charge in [-0.2, -0.15) is 0 Å². The zero-order chi connectivity index (χ0) is 42.9. The maximum atomic E-state index is 14.3. The number of benzene rings is 1. The minimum Gasteiger partial charge on any atom is -0.496 e. The van der Waals surface area contributed by atoms with E-state index in [4.69, 9.17) is 24.9 Å². The van der Waals surface area contributed by atoms with Crippen LogP contribution in [0.15, 0.2) is 30.4 Å². The zero-order valence-corrected chi connectivity index (χ0v) is 36.1. The molecule has 5 amide bonds. The van der Waals surface area contributed by atoms with Crippen LogP contribution in [0.1, 0.15) is 110 Å². The quantitative estimate of drug-likeness (QED) is 0.0669. The van der Waals surface area contributed by atoms with Crippen molar-refractivity contribution in [1.29, 1.82) is 0 Å². The minimum atomic E-state index is -3.00. The van der Waals surface area contributed by atoms with E-state index in [1.807, 2.05) is 39.8 Å². The second kappa shape index (κ2) is 20.3. The van der Waals surface area contributed by atoms with E-state index in [1.54, 1.807) is 25.1 Å². The highest BCUT2D eigenvalue weighted by Gasteiger charge is 2.44. The molecule has 326 valence electrons. The van der Waals surface area contributed by atoms with Gasteiger partial charge in [-0.25, -0.2) is 18.6 Å². The number of amides is 5. The number of primary amides is 1. The predicted octanol–water partition coefficient (Wildman–Crippen LogP) is 7.22. The molecule has 0 radical (unpaired) electrons. The molecule has 4 atom stereocenters. The molecule has 0 bridgehead atoms. The van der Waals surface area contributed by atoms with Crippen LogP contribution in [-0.2, 0) is 14.4 Å². The number of ether oxygens (including phenoxy) is 3. The van der Waals surface area contributed by atoms with Gasteiger partial charge in [0.05, 0.1) is 31.8 Å². The first-order valence-electron chi connectivity index (χ1n) is 21.0. The molecule has 2 aliphatic heterocycles. The highest BCUT2D eigenvalue weighted by molar-refractivity contribution is 7.99. The fraction of sp³-hybridized carbons (Fsp3) is 0.651. The molecular formula is C43H62F2N6O7S. The van der Waals surface area contributed by atoms with Crippen LogP contribution in [0.5, 0.6) is 17.4 Å². The van der Waals surface area contributed by atoms with Crippen LogP contribution in [0, 0.1) is 12.8 Å². The van der Waals surface area contributed by atoms with Crippen molar-refractivity contribution in [3.8, 4) is 17.4 Å². The summed E-state index contributed by atoms with van der Waals surface area (Å²) in [5.41, 5.74) is 7.25. The van der Waals surface area contributed by atoms with Crippen LogP contribution in [0.2, 0.25) is 0 Å². The minimum absolute atomic E-state index is 0.00345. The van der Waals surface area contributed by atoms with Crippen molar-refractivity contribution in [3.05, 3.63) is 35.9 Å². The number of rotatable bonds is 21. The summed E-state index contributed by atoms with van der Waals surface area (Å²) in [5.74, 6) is -2.76. The monoisotopic (exact) mass is 844 g/mol. The fourth-order valence-corrected chi connectivity index (χ4v) is 8.36. The normalized spacial score (nSPS) is 20.5. The standard InChI is InChI=1S/C43H62F2N6O7S/c1-7-29(39(53)49-59-42(5)19-20-42)15-13-11-9-8-10-12-14-16-32(47-41(55)50-22-21-43(44,45)26-50)40(54)51-25-30(23-33(51)38(46)52)58-35-24-36(57-27(2)3)48-37-28(4)34(56-6)18-17-31(35)37/h9,11,17-18,24,27,29-30,32-33H,7-8,10,12-16,19-23,25-26H2,1-6H3,(H2,46,52)(H,47,55)(H,49,53)/b11-9-/t29-,30-,32+,33+/m1/s1. The summed E-state index contributed by atoms with van der Waals surface area (Å²) >= 11 is 1.54. The molecule has 4 N–H and O–H groups in total. The molecule has 0 unspecified atom stereocenters. The molecule has 0 spiro atoms. The largest absolute Gasteiger partial charge is 0.496 e. The van der Waals surface area contributed by atoms with E-state index in [-0.39, 0.29) is 48.6 Å². The van der Waals surface area contributed by atoms with Gasteiger partial charge < -0.3 is 35.1 Å². The third kappa shape index (κ3) is 12.6. The Kier molecular flexibility index (Phi) is 15.7. The number of allylic oxidation sites excluding steroid dienone is 2. The Bertz CT molecular complexity index is 1840. The summed E-state index contributed by atoms with van der Waals surface area (Å²) in [6.45, 7) is 8.98. The van der Waals surface area contributed by atoms with Gasteiger partial charge in [0.2, 0.25) is 23.6 Å². The Morgan fingerprint density at radius 3 is 2.46 bits per heavy atom. The SMILES string of the molecule is CC[C@H](CC/C=C\CCCCC[C@H](NC(=O)N1CCC(F)(F)C1)C(=O)N1C[C@H](Oc2cc(OC(C)C)nc3c(C)c(OC)ccc23)C[C@H]1C(N)=O)C(=O)NSC1(C)CC1. The number of fused-ring (bicyclic) bond motifs is 1. The topological polar surface area (TPSA) is 165 Å². The summed E-state index contributed by atoms with van der Waals surface area (Å²) in [6.07, 6.45) is 10.8. The maximum absolute atomic E-state index is 14.3. The second-order valence-electron chi connectivity index (χ2n) is 16.6. The molecule has 1 saturated carbocycles. The molecule has 13 nitrogen and oxygen atoms in total. The molecule has 16 heteroatoms. The van der Waals surface area contributed by atoms with Gasteiger partial charge in [-0.3, -0.25) is 19.1 Å². The van der Waals surface area contributed by atoms with Crippen LogP contribution in [0.4, 0.5) is 13.6 Å². The summed E-state index contributed by atoms with van der Waals surface area (Å²) in [7, 11) is 1.58. The van der Waals surface area contributed by atoms with E-state index in [9.17, 15) is 28.0 Å². The molecule has 1 aliphatic carbocycles. The number of halogens is 2. The van der Waals surface area contributed by atoms with Gasteiger partial charge in [-0.05, 0) is 103 Å². The zero-order valence-electron chi connectivity index (χ0n) is 35.3. The Morgan fingerprint density at radius 2 is 1.81 bits per heavy atom. The van der Waals surface area contributed by atoms with E-state index in [1.165, 1.54) is 4.90 Å². The third-order valence-corrected chi connectivity index (χ3v) is 12.6. The number of alkyl halides is 2. The van der Waals surface area contributed by atoms with Crippen LogP contribution in [-0.4, -0.2) is 100 Å². The first-order valence-corrected chi connectivity index (χ1v) is 21.8. The third-order valence-electron chi connectivity index (χ3n) is 11.3. The van der Waals surface area contributed by atoms with Crippen LogP contribution in [0.25, 0.3) is 10.9 Å². The number of aryl methyl sites for hydroxylation is 1. The average Bonchev–Trinajstić information content (AvgIpc) is 3.58. The van der Waals surface area contributed by atoms with Crippen molar-refractivity contribution in [3.63, 3.8) is 0 Å². The molecule has 2 aromatic rings. The van der Waals surface area contributed by atoms with E-state index in [0.717, 1.165) is 61.8 Å². The van der Waals surface area contributed by atoms with Gasteiger partial charge in [0, 0.05) is 47.1 Å². The maximum Gasteiger partial charge on any atom is 0.318 e. The Hall–Kier alpha value is -4.34. The highest BCUT2D eigenvalue weighted by atomic mass is 32.2. The summed E-state index contributed by atoms with van der Waals surface area (Å²) in [4.78, 5) is 60.1. The number of unbranched alkanes of at least 4 members (excludes halogenated alkanes) is 3. The number of hydrogen-bond donors (Lipinski definition) is 3. The lowest BCUT2D eigenvalue weighted by Crippen LogP contribution is -2.55. The molecule has 59 heavy (non-hydrogen) atoms. The summed E-state index contributed by atoms with van der Waals surface area (Å²) in [6, 6.07) is 2.47. The Labute approximate surface area is 351 Å². The number of nitrogens with zero attached hydrogens (tertiary/aromatic N) is 3. The van der Waals surface area contributed by atoms with Crippen molar-refractivity contribution in [2.24, 2.45) is 11.7 Å². The lowest BCUT2D eigenvalue weighted by Gasteiger charge is -2.29. The first kappa shape index (κ1) is 45.7. The summed E-state index contributed by atoms with van der Waals surface area (Å²) < 4.78 is 49.3. The number of carbonyl (C=O) groups excluding carboxylic acids is 4. The van der Waals surface area contributed by atoms with Crippen molar-refractivity contribution >= 4 is 46.6 Å². The second-order valence-corrected chi connectivity index (χ2v) is 18.0. The first-order chi connectivity index (χ1) is 28.0. The Balaban J connectivity index is 1.21. The smallest absolute Gasteiger partial charge is 0.318 e. The molecule has 1 aromatic heterocycles. The van der Waals surface area contributed by atoms with Crippen molar-refractivity contribution in [2.45, 2.75) is 147 Å². The van der Waals surface area contributed by atoms with E-state index in [2.05, 4.69) is 29.1 Å². The number of aromatic nitrogens is 1. The van der Waals surface area contributed by atoms with Gasteiger partial charge in [-0.1, -0.05) is 31.9 Å². The number of nitrogens with one attached hydrogen (secondary N) is 2. The molecule has 3 fully saturated rings. The van der Waals surface area contributed by atoms with Gasteiger partial charge in [0.15, 0.2) is 0 Å². The lowest BCUT2D eigenvalue weighted by atomic mass is 9.99. The fourth-order valence-electron chi connectivity index (χ4n) is 7.54. The van der Waals surface area contributed by atoms with Crippen molar-refractivity contribution in [1.82, 2.24) is 24.8 Å². The van der Waals surface area contributed by atoms with E-state index >= 15 is 0 Å². The molecule has 1 aromatic carbocycles. The van der Waals surface area contributed by atoms with E-state index in [0.29, 0.717) is 34.7 Å². The number of pyridine rings is 1. The number of carbonyl (C=O) groups is 4. The van der Waals surface area contributed by atoms with Gasteiger partial charge in [-0.15, -0.1) is 0 Å². The van der Waals surface area contributed by atoms with Gasteiger partial charge in [0.25, 0.3) is 5.92 Å². The summed E-state index contributed by atoms with van der Waals surface area (Å²) in [5, 5.41) is 3.40. The molecule has 3 aliphatic rings. The molecular weight excluding hydrogens is 783 g/mol. The average molecular weight is 845 g/mol.